The summed E-state index contributed by atoms with van der Waals surface area (Å²) in [6.45, 7) is 2.61. The van der Waals surface area contributed by atoms with E-state index in [2.05, 4.69) is 12.2 Å². The molecule has 1 aromatic rings. The molecule has 0 aromatic heterocycles. The molecule has 0 radical (unpaired) electrons. The van der Waals surface area contributed by atoms with Gasteiger partial charge in [-0.25, -0.2) is 8.78 Å². The molecule has 1 rings (SSSR count). The van der Waals surface area contributed by atoms with Gasteiger partial charge in [0.05, 0.1) is 5.56 Å². The molecule has 0 spiro atoms. The summed E-state index contributed by atoms with van der Waals surface area (Å²) in [7, 11) is 0. The third-order valence-electron chi connectivity index (χ3n) is 2.65. The van der Waals surface area contributed by atoms with Gasteiger partial charge >= 0.3 is 0 Å². The van der Waals surface area contributed by atoms with Gasteiger partial charge in [0.1, 0.15) is 0 Å². The van der Waals surface area contributed by atoms with Crippen molar-refractivity contribution in [2.45, 2.75) is 32.6 Å². The van der Waals surface area contributed by atoms with Crippen molar-refractivity contribution < 1.29 is 13.6 Å². The number of hydrogen-bond acceptors (Lipinski definition) is 2. The number of anilines is 1. The molecule has 0 fully saturated rings. The fourth-order valence-electron chi connectivity index (χ4n) is 1.61. The molecule has 5 heteroatoms. The maximum atomic E-state index is 13.0. The van der Waals surface area contributed by atoms with Gasteiger partial charge in [-0.05, 0) is 12.5 Å². The van der Waals surface area contributed by atoms with Gasteiger partial charge in [-0.15, -0.1) is 0 Å². The van der Waals surface area contributed by atoms with E-state index in [0.29, 0.717) is 6.54 Å². The molecule has 1 amide bonds. The number of carbonyl (C=O) groups excluding carboxylic acids is 1. The second-order valence-corrected chi connectivity index (χ2v) is 4.17. The van der Waals surface area contributed by atoms with Crippen LogP contribution < -0.4 is 11.1 Å². The molecule has 3 nitrogen and oxygen atoms in total. The third-order valence-corrected chi connectivity index (χ3v) is 2.65. The molecule has 100 valence electrons. The zero-order valence-electron chi connectivity index (χ0n) is 10.4. The van der Waals surface area contributed by atoms with E-state index in [9.17, 15) is 13.6 Å². The Kier molecular flexibility index (Phi) is 5.55. The van der Waals surface area contributed by atoms with Crippen molar-refractivity contribution in [2.75, 3.05) is 12.3 Å². The van der Waals surface area contributed by atoms with Gasteiger partial charge < -0.3 is 11.1 Å². The first-order valence-corrected chi connectivity index (χ1v) is 6.09. The first kappa shape index (κ1) is 14.4. The molecule has 1 aromatic carbocycles. The standard InChI is InChI=1S/C13H18F2N2O/c1-2-3-4-5-6-17-13(18)9-7-10(14)11(15)8-12(9)16/h7-8H,2-6,16H2,1H3,(H,17,18). The molecule has 0 aliphatic heterocycles. The Morgan fingerprint density at radius 3 is 2.56 bits per heavy atom. The van der Waals surface area contributed by atoms with Gasteiger partial charge in [0, 0.05) is 18.3 Å². The lowest BCUT2D eigenvalue weighted by Gasteiger charge is -2.08. The number of nitrogen functional groups attached to an aromatic ring is 1. The van der Waals surface area contributed by atoms with Crippen LogP contribution >= 0.6 is 0 Å². The van der Waals surface area contributed by atoms with Crippen LogP contribution in [0, 0.1) is 11.6 Å². The Balaban J connectivity index is 2.54. The van der Waals surface area contributed by atoms with Crippen LogP contribution in [0.25, 0.3) is 0 Å². The molecule has 0 bridgehead atoms. The lowest BCUT2D eigenvalue weighted by Crippen LogP contribution is -2.25. The van der Waals surface area contributed by atoms with E-state index in [1.54, 1.807) is 0 Å². The first-order chi connectivity index (χ1) is 8.56. The minimum Gasteiger partial charge on any atom is -0.398 e. The predicted octanol–water partition coefficient (Wildman–Crippen LogP) is 2.86. The number of rotatable bonds is 6. The van der Waals surface area contributed by atoms with Crippen LogP contribution in [0.2, 0.25) is 0 Å². The van der Waals surface area contributed by atoms with E-state index < -0.39 is 17.5 Å². The van der Waals surface area contributed by atoms with Crippen molar-refractivity contribution in [3.63, 3.8) is 0 Å². The van der Waals surface area contributed by atoms with Crippen LogP contribution in [0.3, 0.4) is 0 Å². The Labute approximate surface area is 105 Å². The number of unbranched alkanes of at least 4 members (excludes halogenated alkanes) is 3. The maximum absolute atomic E-state index is 13.0. The van der Waals surface area contributed by atoms with Gasteiger partial charge in [0.2, 0.25) is 0 Å². The van der Waals surface area contributed by atoms with E-state index in [1.807, 2.05) is 0 Å². The first-order valence-electron chi connectivity index (χ1n) is 6.09. The number of carbonyl (C=O) groups is 1. The summed E-state index contributed by atoms with van der Waals surface area (Å²) in [5.41, 5.74) is 5.40. The highest BCUT2D eigenvalue weighted by atomic mass is 19.2. The molecule has 0 atom stereocenters. The molecule has 0 saturated carbocycles. The van der Waals surface area contributed by atoms with Gasteiger partial charge in [0.15, 0.2) is 11.6 Å². The average molecular weight is 256 g/mol. The van der Waals surface area contributed by atoms with E-state index in [1.165, 1.54) is 0 Å². The highest BCUT2D eigenvalue weighted by Gasteiger charge is 2.13. The lowest BCUT2D eigenvalue weighted by atomic mass is 10.1. The second kappa shape index (κ2) is 6.93. The van der Waals surface area contributed by atoms with E-state index in [0.717, 1.165) is 37.8 Å². The van der Waals surface area contributed by atoms with Crippen molar-refractivity contribution in [1.29, 1.82) is 0 Å². The molecule has 0 unspecified atom stereocenters. The summed E-state index contributed by atoms with van der Waals surface area (Å²) in [6, 6.07) is 1.65. The SMILES string of the molecule is CCCCCCNC(=O)c1cc(F)c(F)cc1N. The zero-order chi connectivity index (χ0) is 13.5. The Morgan fingerprint density at radius 1 is 1.22 bits per heavy atom. The largest absolute Gasteiger partial charge is 0.398 e. The van der Waals surface area contributed by atoms with E-state index >= 15 is 0 Å². The average Bonchev–Trinajstić information content (AvgIpc) is 2.33. The summed E-state index contributed by atoms with van der Waals surface area (Å²) in [6.07, 6.45) is 4.13. The topological polar surface area (TPSA) is 55.1 Å². The number of benzene rings is 1. The second-order valence-electron chi connectivity index (χ2n) is 4.17. The van der Waals surface area contributed by atoms with Crippen molar-refractivity contribution in [2.24, 2.45) is 0 Å². The normalized spacial score (nSPS) is 10.4. The molecule has 3 N–H and O–H groups in total. The number of nitrogens with one attached hydrogen (secondary N) is 1. The summed E-state index contributed by atoms with van der Waals surface area (Å²) in [5.74, 6) is -2.59. The Morgan fingerprint density at radius 2 is 1.89 bits per heavy atom. The highest BCUT2D eigenvalue weighted by Crippen LogP contribution is 2.16. The number of nitrogens with two attached hydrogens (primary N) is 1. The summed E-state index contributed by atoms with van der Waals surface area (Å²) in [5, 5.41) is 2.64. The molecule has 18 heavy (non-hydrogen) atoms. The van der Waals surface area contributed by atoms with Gasteiger partial charge in [-0.1, -0.05) is 26.2 Å². The van der Waals surface area contributed by atoms with Crippen molar-refractivity contribution in [3.05, 3.63) is 29.3 Å². The summed E-state index contributed by atoms with van der Waals surface area (Å²) < 4.78 is 25.8. The molecule has 0 aliphatic rings. The van der Waals surface area contributed by atoms with Gasteiger partial charge in [0.25, 0.3) is 5.91 Å². The Bertz CT molecular complexity index is 422. The van der Waals surface area contributed by atoms with Crippen molar-refractivity contribution >= 4 is 11.6 Å². The molecule has 0 saturated heterocycles. The predicted molar refractivity (Wildman–Crippen MR) is 67.2 cm³/mol. The van der Waals surface area contributed by atoms with Crippen molar-refractivity contribution in [3.8, 4) is 0 Å². The number of halogens is 2. The third kappa shape index (κ3) is 3.98. The van der Waals surface area contributed by atoms with Crippen molar-refractivity contribution in [1.82, 2.24) is 5.32 Å². The lowest BCUT2D eigenvalue weighted by molar-refractivity contribution is 0.0953. The summed E-state index contributed by atoms with van der Waals surface area (Å²) >= 11 is 0. The van der Waals surface area contributed by atoms with Crippen LogP contribution in [-0.4, -0.2) is 12.5 Å². The van der Waals surface area contributed by atoms with Crippen LogP contribution in [0.1, 0.15) is 43.0 Å². The summed E-state index contributed by atoms with van der Waals surface area (Å²) in [4.78, 5) is 11.7. The van der Waals surface area contributed by atoms with E-state index in [-0.39, 0.29) is 11.3 Å². The molecular weight excluding hydrogens is 238 g/mol. The Hall–Kier alpha value is -1.65. The van der Waals surface area contributed by atoms with Gasteiger partial charge in [-0.2, -0.15) is 0 Å². The minimum absolute atomic E-state index is 0.0237. The molecule has 0 aliphatic carbocycles. The smallest absolute Gasteiger partial charge is 0.253 e. The zero-order valence-corrected chi connectivity index (χ0v) is 10.4. The molecule has 0 heterocycles. The van der Waals surface area contributed by atoms with Crippen LogP contribution in [0.15, 0.2) is 12.1 Å². The quantitative estimate of drug-likeness (QED) is 0.607. The fourth-order valence-corrected chi connectivity index (χ4v) is 1.61. The molecular formula is C13H18F2N2O. The minimum atomic E-state index is -1.07. The maximum Gasteiger partial charge on any atom is 0.253 e. The van der Waals surface area contributed by atoms with Crippen LogP contribution in [0.4, 0.5) is 14.5 Å². The van der Waals surface area contributed by atoms with Crippen LogP contribution in [-0.2, 0) is 0 Å². The monoisotopic (exact) mass is 256 g/mol. The highest BCUT2D eigenvalue weighted by molar-refractivity contribution is 5.99. The number of hydrogen-bond donors (Lipinski definition) is 2. The van der Waals surface area contributed by atoms with E-state index in [4.69, 9.17) is 5.73 Å². The van der Waals surface area contributed by atoms with Crippen LogP contribution in [0.5, 0.6) is 0 Å². The van der Waals surface area contributed by atoms with Gasteiger partial charge in [-0.3, -0.25) is 4.79 Å². The fraction of sp³-hybridized carbons (Fsp3) is 0.462. The number of amides is 1.